The van der Waals surface area contributed by atoms with Gasteiger partial charge in [0.05, 0.1) is 20.8 Å². The molecule has 0 spiro atoms. The lowest BCUT2D eigenvalue weighted by molar-refractivity contribution is 0.310. The normalized spacial score (nSPS) is 10.7. The topological polar surface area (TPSA) is 64.1 Å². The van der Waals surface area contributed by atoms with Gasteiger partial charge in [-0.15, -0.1) is 24.0 Å². The van der Waals surface area contributed by atoms with E-state index in [0.717, 1.165) is 47.3 Å². The molecule has 0 heterocycles. The zero-order valence-electron chi connectivity index (χ0n) is 17.9. The Bertz CT molecular complexity index is 797. The summed E-state index contributed by atoms with van der Waals surface area (Å²) in [5.41, 5.74) is 3.46. The highest BCUT2D eigenvalue weighted by Gasteiger charge is 2.06. The van der Waals surface area contributed by atoms with Crippen LogP contribution in [0.4, 0.5) is 0 Å². The van der Waals surface area contributed by atoms with Crippen LogP contribution < -0.4 is 24.8 Å². The van der Waals surface area contributed by atoms with Gasteiger partial charge in [-0.05, 0) is 55.2 Å². The second-order valence-corrected chi connectivity index (χ2v) is 6.32. The molecule has 0 aliphatic heterocycles. The molecule has 160 valence electrons. The summed E-state index contributed by atoms with van der Waals surface area (Å²) >= 11 is 0. The number of aryl methyl sites for hydroxylation is 1. The summed E-state index contributed by atoms with van der Waals surface area (Å²) in [6.45, 7) is 6.02. The minimum Gasteiger partial charge on any atom is -0.496 e. The number of rotatable bonds is 9. The van der Waals surface area contributed by atoms with Crippen LogP contribution in [0.15, 0.2) is 41.4 Å². The number of hydrogen-bond acceptors (Lipinski definition) is 4. The highest BCUT2D eigenvalue weighted by atomic mass is 127. The van der Waals surface area contributed by atoms with E-state index in [1.54, 1.807) is 21.3 Å². The van der Waals surface area contributed by atoms with E-state index in [1.165, 1.54) is 5.56 Å². The van der Waals surface area contributed by atoms with Crippen molar-refractivity contribution >= 4 is 29.9 Å². The maximum absolute atomic E-state index is 5.63. The van der Waals surface area contributed by atoms with Gasteiger partial charge >= 0.3 is 0 Å². The van der Waals surface area contributed by atoms with Crippen molar-refractivity contribution in [3.63, 3.8) is 0 Å². The van der Waals surface area contributed by atoms with Gasteiger partial charge in [0.25, 0.3) is 0 Å². The third kappa shape index (κ3) is 7.64. The van der Waals surface area contributed by atoms with Crippen molar-refractivity contribution in [3.8, 4) is 17.2 Å². The quantitative estimate of drug-likeness (QED) is 0.302. The molecule has 29 heavy (non-hydrogen) atoms. The first-order chi connectivity index (χ1) is 13.6. The molecule has 2 aromatic carbocycles. The van der Waals surface area contributed by atoms with Crippen molar-refractivity contribution in [1.29, 1.82) is 0 Å². The van der Waals surface area contributed by atoms with E-state index in [0.29, 0.717) is 13.2 Å². The fourth-order valence-electron chi connectivity index (χ4n) is 2.85. The predicted molar refractivity (Wildman–Crippen MR) is 129 cm³/mol. The van der Waals surface area contributed by atoms with Crippen molar-refractivity contribution in [3.05, 3.63) is 53.1 Å². The van der Waals surface area contributed by atoms with Crippen LogP contribution in [0.5, 0.6) is 17.2 Å². The van der Waals surface area contributed by atoms with Crippen LogP contribution in [0.25, 0.3) is 0 Å². The first-order valence-corrected chi connectivity index (χ1v) is 9.49. The van der Waals surface area contributed by atoms with Gasteiger partial charge < -0.3 is 24.8 Å². The van der Waals surface area contributed by atoms with Crippen LogP contribution in [0, 0.1) is 6.92 Å². The molecule has 0 bridgehead atoms. The first-order valence-electron chi connectivity index (χ1n) is 9.49. The van der Waals surface area contributed by atoms with Gasteiger partial charge in [0.1, 0.15) is 5.75 Å². The largest absolute Gasteiger partial charge is 0.496 e. The molecule has 0 aliphatic carbocycles. The number of benzene rings is 2. The van der Waals surface area contributed by atoms with Gasteiger partial charge in [-0.2, -0.15) is 0 Å². The van der Waals surface area contributed by atoms with E-state index < -0.39 is 0 Å². The van der Waals surface area contributed by atoms with E-state index in [2.05, 4.69) is 33.8 Å². The summed E-state index contributed by atoms with van der Waals surface area (Å²) in [5, 5.41) is 6.67. The number of halogens is 1. The fraction of sp³-hybridized carbons (Fsp3) is 0.409. The predicted octanol–water partition coefficient (Wildman–Crippen LogP) is 3.94. The summed E-state index contributed by atoms with van der Waals surface area (Å²) in [5.74, 6) is 3.17. The molecule has 2 aromatic rings. The lowest BCUT2D eigenvalue weighted by atomic mass is 10.1. The Morgan fingerprint density at radius 1 is 0.931 bits per heavy atom. The van der Waals surface area contributed by atoms with Crippen LogP contribution in [-0.2, 0) is 13.0 Å². The monoisotopic (exact) mass is 513 g/mol. The fourth-order valence-corrected chi connectivity index (χ4v) is 2.85. The van der Waals surface area contributed by atoms with Gasteiger partial charge in [0.2, 0.25) is 0 Å². The highest BCUT2D eigenvalue weighted by molar-refractivity contribution is 14.0. The van der Waals surface area contributed by atoms with E-state index in [-0.39, 0.29) is 24.0 Å². The van der Waals surface area contributed by atoms with Crippen molar-refractivity contribution < 1.29 is 14.2 Å². The minimum atomic E-state index is 0. The van der Waals surface area contributed by atoms with E-state index in [9.17, 15) is 0 Å². The minimum absolute atomic E-state index is 0. The zero-order chi connectivity index (χ0) is 20.4. The summed E-state index contributed by atoms with van der Waals surface area (Å²) in [6.07, 6.45) is 0.883. The van der Waals surface area contributed by atoms with Gasteiger partial charge in [-0.1, -0.05) is 18.2 Å². The van der Waals surface area contributed by atoms with Crippen LogP contribution in [-0.4, -0.2) is 40.4 Å². The molecular weight excluding hydrogens is 481 g/mol. The molecule has 0 saturated carbocycles. The molecule has 2 N–H and O–H groups in total. The number of guanidine groups is 1. The molecule has 0 aromatic heterocycles. The Morgan fingerprint density at radius 2 is 1.62 bits per heavy atom. The molecule has 0 unspecified atom stereocenters. The number of ether oxygens (including phenoxy) is 3. The van der Waals surface area contributed by atoms with Crippen LogP contribution in [0.3, 0.4) is 0 Å². The zero-order valence-corrected chi connectivity index (χ0v) is 20.2. The number of aliphatic imine (C=N–C) groups is 1. The summed E-state index contributed by atoms with van der Waals surface area (Å²) < 4.78 is 16.4. The second-order valence-electron chi connectivity index (χ2n) is 6.32. The molecule has 0 radical (unpaired) electrons. The molecule has 0 saturated heterocycles. The molecule has 6 nitrogen and oxygen atoms in total. The van der Waals surface area contributed by atoms with Crippen LogP contribution >= 0.6 is 24.0 Å². The molecular formula is C22H32IN3O3. The molecule has 0 aliphatic rings. The highest BCUT2D eigenvalue weighted by Crippen LogP contribution is 2.28. The summed E-state index contributed by atoms with van der Waals surface area (Å²) in [6, 6.07) is 12.2. The number of nitrogens with zero attached hydrogens (tertiary/aromatic N) is 1. The van der Waals surface area contributed by atoms with Crippen molar-refractivity contribution in [2.24, 2.45) is 4.99 Å². The Balaban J connectivity index is 0.00000420. The molecule has 0 atom stereocenters. The van der Waals surface area contributed by atoms with E-state index >= 15 is 0 Å². The summed E-state index contributed by atoms with van der Waals surface area (Å²) in [4.78, 5) is 4.29. The van der Waals surface area contributed by atoms with Crippen molar-refractivity contribution in [2.75, 3.05) is 34.4 Å². The van der Waals surface area contributed by atoms with Crippen LogP contribution in [0.2, 0.25) is 0 Å². The Morgan fingerprint density at radius 3 is 2.28 bits per heavy atom. The SMILES string of the molecule is CCOc1cc(CNC(=NC)NCCc2ccc(C)c(OC)c2)ccc1OC.I. The first kappa shape index (κ1) is 24.9. The Hall–Kier alpha value is -2.16. The smallest absolute Gasteiger partial charge is 0.191 e. The van der Waals surface area contributed by atoms with Crippen LogP contribution in [0.1, 0.15) is 23.6 Å². The summed E-state index contributed by atoms with van der Waals surface area (Å²) in [7, 11) is 5.11. The van der Waals surface area contributed by atoms with Gasteiger partial charge in [0.15, 0.2) is 17.5 Å². The lowest BCUT2D eigenvalue weighted by Crippen LogP contribution is -2.37. The van der Waals surface area contributed by atoms with Crippen molar-refractivity contribution in [2.45, 2.75) is 26.8 Å². The Kier molecular flexibility index (Phi) is 11.3. The second kappa shape index (κ2) is 13.1. The maximum atomic E-state index is 5.63. The third-order valence-corrected chi connectivity index (χ3v) is 4.39. The molecule has 0 amide bonds. The van der Waals surface area contributed by atoms with E-state index in [4.69, 9.17) is 14.2 Å². The Labute approximate surface area is 191 Å². The van der Waals surface area contributed by atoms with E-state index in [1.807, 2.05) is 32.0 Å². The average molecular weight is 513 g/mol. The third-order valence-electron chi connectivity index (χ3n) is 4.39. The van der Waals surface area contributed by atoms with Crippen molar-refractivity contribution in [1.82, 2.24) is 10.6 Å². The molecule has 0 fully saturated rings. The lowest BCUT2D eigenvalue weighted by Gasteiger charge is -2.14. The van der Waals surface area contributed by atoms with Gasteiger partial charge in [-0.25, -0.2) is 0 Å². The number of nitrogens with one attached hydrogen (secondary N) is 2. The van der Waals surface area contributed by atoms with Gasteiger partial charge in [-0.3, -0.25) is 4.99 Å². The molecule has 2 rings (SSSR count). The average Bonchev–Trinajstić information content (AvgIpc) is 2.72. The maximum Gasteiger partial charge on any atom is 0.191 e. The van der Waals surface area contributed by atoms with Gasteiger partial charge in [0, 0.05) is 20.1 Å². The molecule has 7 heteroatoms. The standard InChI is InChI=1S/C22H31N3O3.HI/c1-6-28-21-14-18(9-10-19(21)26-4)15-25-22(23-3)24-12-11-17-8-7-16(2)20(13-17)27-5;/h7-10,13-14H,6,11-12,15H2,1-5H3,(H2,23,24,25);1H. The number of methoxy groups -OCH3 is 2. The number of hydrogen-bond donors (Lipinski definition) is 2.